The van der Waals surface area contributed by atoms with Crippen LogP contribution in [0.5, 0.6) is 0 Å². The zero-order chi connectivity index (χ0) is 19.0. The van der Waals surface area contributed by atoms with Crippen LogP contribution in [0.1, 0.15) is 44.1 Å². The van der Waals surface area contributed by atoms with E-state index in [1.807, 2.05) is 37.1 Å². The lowest BCUT2D eigenvalue weighted by atomic mass is 9.88. The molecule has 6 nitrogen and oxygen atoms in total. The number of hydrogen-bond donors (Lipinski definition) is 0. The second-order valence-corrected chi connectivity index (χ2v) is 7.50. The maximum atomic E-state index is 12.5. The first kappa shape index (κ1) is 18.5. The van der Waals surface area contributed by atoms with Crippen molar-refractivity contribution >= 4 is 23.5 Å². The smallest absolute Gasteiger partial charge is 0.456 e. The second kappa shape index (κ2) is 7.15. The molecule has 1 unspecified atom stereocenters. The van der Waals surface area contributed by atoms with E-state index in [1.165, 1.54) is 11.3 Å². The SMILES string of the molecule is CCN1C(C)=C(OC(=O)OC(C)C)C(c2sccc2C)C2=C1COC2=O. The number of thiophene rings is 1. The van der Waals surface area contributed by atoms with Gasteiger partial charge in [0.1, 0.15) is 12.4 Å². The standard InChI is InChI=1S/C19H23NO5S/c1-6-20-12(5)16(25-19(22)24-10(2)3)15(17-11(4)7-8-26-17)14-13(20)9-23-18(14)21/h7-8,10,15H,6,9H2,1-5H3. The molecular formula is C19H23NO5S. The van der Waals surface area contributed by atoms with E-state index in [-0.39, 0.29) is 18.7 Å². The Balaban J connectivity index is 2.10. The number of carbonyl (C=O) groups is 2. The third-order valence-electron chi connectivity index (χ3n) is 4.51. The lowest BCUT2D eigenvalue weighted by Crippen LogP contribution is -2.32. The van der Waals surface area contributed by atoms with Gasteiger partial charge in [0.15, 0.2) is 0 Å². The molecule has 0 N–H and O–H groups in total. The second-order valence-electron chi connectivity index (χ2n) is 6.55. The van der Waals surface area contributed by atoms with Gasteiger partial charge in [-0.25, -0.2) is 9.59 Å². The van der Waals surface area contributed by atoms with Crippen LogP contribution in [0.2, 0.25) is 0 Å². The third kappa shape index (κ3) is 3.11. The van der Waals surface area contributed by atoms with Crippen molar-refractivity contribution in [1.29, 1.82) is 0 Å². The van der Waals surface area contributed by atoms with Gasteiger partial charge in [-0.15, -0.1) is 11.3 Å². The number of allylic oxidation sites excluding steroid dienone is 2. The topological polar surface area (TPSA) is 65.1 Å². The van der Waals surface area contributed by atoms with E-state index in [1.54, 1.807) is 13.8 Å². The molecule has 0 fully saturated rings. The molecule has 140 valence electrons. The summed E-state index contributed by atoms with van der Waals surface area (Å²) in [6.45, 7) is 10.3. The molecule has 0 spiro atoms. The van der Waals surface area contributed by atoms with Crippen LogP contribution in [0.4, 0.5) is 4.79 Å². The number of nitrogens with zero attached hydrogens (tertiary/aromatic N) is 1. The summed E-state index contributed by atoms with van der Waals surface area (Å²) in [6.07, 6.45) is -1.05. The van der Waals surface area contributed by atoms with Crippen molar-refractivity contribution < 1.29 is 23.8 Å². The normalized spacial score (nSPS) is 19.8. The zero-order valence-corrected chi connectivity index (χ0v) is 16.4. The van der Waals surface area contributed by atoms with Crippen molar-refractivity contribution in [2.45, 2.75) is 46.6 Å². The zero-order valence-electron chi connectivity index (χ0n) is 15.6. The number of esters is 1. The molecule has 3 heterocycles. The number of rotatable bonds is 4. The fourth-order valence-corrected chi connectivity index (χ4v) is 4.42. The van der Waals surface area contributed by atoms with Crippen LogP contribution in [0, 0.1) is 6.92 Å². The Kier molecular flexibility index (Phi) is 5.09. The average molecular weight is 377 g/mol. The molecule has 1 aromatic heterocycles. The van der Waals surface area contributed by atoms with E-state index in [4.69, 9.17) is 14.2 Å². The first-order chi connectivity index (χ1) is 12.3. The van der Waals surface area contributed by atoms with Crippen molar-refractivity contribution in [2.24, 2.45) is 0 Å². The van der Waals surface area contributed by atoms with Crippen molar-refractivity contribution in [3.05, 3.63) is 44.6 Å². The highest BCUT2D eigenvalue weighted by Crippen LogP contribution is 2.47. The maximum absolute atomic E-state index is 12.5. The Labute approximate surface area is 157 Å². The van der Waals surface area contributed by atoms with Crippen molar-refractivity contribution in [2.75, 3.05) is 13.2 Å². The molecule has 2 aliphatic heterocycles. The molecule has 0 radical (unpaired) electrons. The van der Waals surface area contributed by atoms with Gasteiger partial charge in [-0.2, -0.15) is 0 Å². The molecule has 1 aromatic rings. The molecule has 26 heavy (non-hydrogen) atoms. The Bertz CT molecular complexity index is 805. The predicted octanol–water partition coefficient (Wildman–Crippen LogP) is 4.08. The van der Waals surface area contributed by atoms with Gasteiger partial charge in [0.05, 0.1) is 29.0 Å². The molecule has 0 aliphatic carbocycles. The van der Waals surface area contributed by atoms with E-state index in [2.05, 4.69) is 0 Å². The van der Waals surface area contributed by atoms with Crippen molar-refractivity contribution in [3.63, 3.8) is 0 Å². The summed E-state index contributed by atoms with van der Waals surface area (Å²) in [5, 5.41) is 1.97. The van der Waals surface area contributed by atoms with Crippen LogP contribution >= 0.6 is 11.3 Å². The molecule has 3 rings (SSSR count). The lowest BCUT2D eigenvalue weighted by molar-refractivity contribution is -0.136. The molecule has 0 saturated carbocycles. The highest BCUT2D eigenvalue weighted by molar-refractivity contribution is 7.10. The molecule has 0 saturated heterocycles. The maximum Gasteiger partial charge on any atom is 0.513 e. The number of ether oxygens (including phenoxy) is 3. The van der Waals surface area contributed by atoms with Crippen LogP contribution in [0.3, 0.4) is 0 Å². The first-order valence-electron chi connectivity index (χ1n) is 8.66. The van der Waals surface area contributed by atoms with E-state index in [9.17, 15) is 9.59 Å². The first-order valence-corrected chi connectivity index (χ1v) is 9.54. The van der Waals surface area contributed by atoms with Crippen LogP contribution < -0.4 is 0 Å². The minimum absolute atomic E-state index is 0.240. The van der Waals surface area contributed by atoms with Gasteiger partial charge in [-0.1, -0.05) is 0 Å². The summed E-state index contributed by atoms with van der Waals surface area (Å²) in [4.78, 5) is 27.7. The van der Waals surface area contributed by atoms with Crippen molar-refractivity contribution in [1.82, 2.24) is 4.90 Å². The summed E-state index contributed by atoms with van der Waals surface area (Å²) in [5.41, 5.74) is 3.23. The molecule has 7 heteroatoms. The number of likely N-dealkylation sites (N-methyl/N-ethyl adjacent to an activating group) is 1. The minimum atomic E-state index is -0.764. The van der Waals surface area contributed by atoms with Crippen LogP contribution in [-0.4, -0.2) is 36.3 Å². The van der Waals surface area contributed by atoms with Gasteiger partial charge in [0.25, 0.3) is 0 Å². The fourth-order valence-electron chi connectivity index (χ4n) is 3.39. The van der Waals surface area contributed by atoms with Gasteiger partial charge in [0.2, 0.25) is 0 Å². The number of hydrogen-bond acceptors (Lipinski definition) is 7. The van der Waals surface area contributed by atoms with Gasteiger partial charge < -0.3 is 19.1 Å². The van der Waals surface area contributed by atoms with E-state index >= 15 is 0 Å². The molecule has 0 amide bonds. The van der Waals surface area contributed by atoms with Crippen LogP contribution in [0.15, 0.2) is 34.2 Å². The Hall–Kier alpha value is -2.28. The van der Waals surface area contributed by atoms with Gasteiger partial charge in [-0.3, -0.25) is 0 Å². The Morgan fingerprint density at radius 2 is 2.15 bits per heavy atom. The van der Waals surface area contributed by atoms with E-state index < -0.39 is 12.1 Å². The van der Waals surface area contributed by atoms with Gasteiger partial charge in [-0.05, 0) is 51.6 Å². The predicted molar refractivity (Wildman–Crippen MR) is 97.6 cm³/mol. The summed E-state index contributed by atoms with van der Waals surface area (Å²) < 4.78 is 16.1. The third-order valence-corrected chi connectivity index (χ3v) is 5.60. The molecular weight excluding hydrogens is 354 g/mol. The number of cyclic esters (lactones) is 1. The van der Waals surface area contributed by atoms with Crippen molar-refractivity contribution in [3.8, 4) is 0 Å². The molecule has 1 atom stereocenters. The summed E-state index contributed by atoms with van der Waals surface area (Å²) in [5.74, 6) is -0.384. The highest BCUT2D eigenvalue weighted by atomic mass is 32.1. The van der Waals surface area contributed by atoms with E-state index in [0.29, 0.717) is 17.9 Å². The van der Waals surface area contributed by atoms with Gasteiger partial charge >= 0.3 is 12.1 Å². The molecule has 0 bridgehead atoms. The summed E-state index contributed by atoms with van der Waals surface area (Å²) >= 11 is 1.54. The summed E-state index contributed by atoms with van der Waals surface area (Å²) in [7, 11) is 0. The molecule has 0 aromatic carbocycles. The average Bonchev–Trinajstić information content (AvgIpc) is 3.14. The van der Waals surface area contributed by atoms with Crippen LogP contribution in [-0.2, 0) is 19.0 Å². The Morgan fingerprint density at radius 3 is 2.73 bits per heavy atom. The molecule has 2 aliphatic rings. The van der Waals surface area contributed by atoms with Gasteiger partial charge in [0, 0.05) is 11.4 Å². The largest absolute Gasteiger partial charge is 0.513 e. The van der Waals surface area contributed by atoms with Crippen LogP contribution in [0.25, 0.3) is 0 Å². The number of carbonyl (C=O) groups excluding carboxylic acids is 2. The highest BCUT2D eigenvalue weighted by Gasteiger charge is 2.44. The Morgan fingerprint density at radius 1 is 1.42 bits per heavy atom. The quantitative estimate of drug-likeness (QED) is 0.737. The lowest BCUT2D eigenvalue weighted by Gasteiger charge is -2.34. The van der Waals surface area contributed by atoms with E-state index in [0.717, 1.165) is 21.8 Å². The fraction of sp³-hybridized carbons (Fsp3) is 0.474. The summed E-state index contributed by atoms with van der Waals surface area (Å²) in [6, 6.07) is 1.99. The minimum Gasteiger partial charge on any atom is -0.456 e. The monoisotopic (exact) mass is 377 g/mol. The number of aryl methyl sites for hydroxylation is 1.